The zero-order valence-corrected chi connectivity index (χ0v) is 14.3. The summed E-state index contributed by atoms with van der Waals surface area (Å²) in [6.45, 7) is 8.34. The zero-order valence-electron chi connectivity index (χ0n) is 14.3. The summed E-state index contributed by atoms with van der Waals surface area (Å²) in [4.78, 5) is 15.0. The van der Waals surface area contributed by atoms with Crippen LogP contribution in [0.1, 0.15) is 38.2 Å². The van der Waals surface area contributed by atoms with Gasteiger partial charge in [-0.05, 0) is 69.8 Å². The van der Waals surface area contributed by atoms with Crippen LogP contribution in [0.4, 0.5) is 5.69 Å². The van der Waals surface area contributed by atoms with Gasteiger partial charge < -0.3 is 15.5 Å². The Hall–Kier alpha value is -1.59. The summed E-state index contributed by atoms with van der Waals surface area (Å²) in [5.41, 5.74) is 5.15. The van der Waals surface area contributed by atoms with Crippen LogP contribution < -0.4 is 16.1 Å². The Morgan fingerprint density at radius 2 is 1.78 bits per heavy atom. The lowest BCUT2D eigenvalue weighted by Gasteiger charge is -2.41. The first-order valence-electron chi connectivity index (χ1n) is 8.51. The number of aryl methyl sites for hydroxylation is 1. The van der Waals surface area contributed by atoms with E-state index in [1.807, 2.05) is 31.2 Å². The molecule has 0 unspecified atom stereocenters. The van der Waals surface area contributed by atoms with Gasteiger partial charge in [0, 0.05) is 13.5 Å². The molecule has 0 saturated carbocycles. The average Bonchev–Trinajstić information content (AvgIpc) is 2.56. The first-order chi connectivity index (χ1) is 11.1. The fourth-order valence-corrected chi connectivity index (χ4v) is 3.17. The highest BCUT2D eigenvalue weighted by Crippen LogP contribution is 2.34. The quantitative estimate of drug-likeness (QED) is 0.732. The highest BCUT2D eigenvalue weighted by molar-refractivity contribution is 5.67. The van der Waals surface area contributed by atoms with E-state index in [-0.39, 0.29) is 5.97 Å². The third-order valence-corrected chi connectivity index (χ3v) is 4.59. The Bertz CT molecular complexity index is 456. The second-order valence-corrected chi connectivity index (χ2v) is 6.59. The maximum atomic E-state index is 10.4. The van der Waals surface area contributed by atoms with Gasteiger partial charge in [0.05, 0.1) is 5.69 Å². The minimum absolute atomic E-state index is 0.351. The summed E-state index contributed by atoms with van der Waals surface area (Å²) in [5, 5.41) is 6.95. The predicted octanol–water partition coefficient (Wildman–Crippen LogP) is 2.62. The molecule has 2 heterocycles. The van der Waals surface area contributed by atoms with Crippen molar-refractivity contribution in [3.8, 4) is 0 Å². The molecular weight excluding hydrogens is 290 g/mol. The Balaban J connectivity index is 0.000000167. The van der Waals surface area contributed by atoms with E-state index in [4.69, 9.17) is 0 Å². The number of anilines is 1. The molecule has 0 atom stereocenters. The highest BCUT2D eigenvalue weighted by Gasteiger charge is 2.32. The van der Waals surface area contributed by atoms with Crippen molar-refractivity contribution in [2.75, 3.05) is 31.7 Å². The van der Waals surface area contributed by atoms with Gasteiger partial charge in [0.15, 0.2) is 0 Å². The maximum absolute atomic E-state index is 10.4. The van der Waals surface area contributed by atoms with Gasteiger partial charge in [0.25, 0.3) is 0 Å². The van der Waals surface area contributed by atoms with E-state index < -0.39 is 0 Å². The largest absolute Gasteiger partial charge is 0.344 e. The fraction of sp³-hybridized carbons (Fsp3) is 0.611. The van der Waals surface area contributed by atoms with Gasteiger partial charge in [0.1, 0.15) is 0 Å². The lowest BCUT2D eigenvalue weighted by atomic mass is 9.73. The second-order valence-electron chi connectivity index (χ2n) is 6.59. The highest BCUT2D eigenvalue weighted by atomic mass is 16.7. The first kappa shape index (κ1) is 17.8. The van der Waals surface area contributed by atoms with Crippen LogP contribution in [0.15, 0.2) is 24.3 Å². The summed E-state index contributed by atoms with van der Waals surface area (Å²) in [6, 6.07) is 7.56. The van der Waals surface area contributed by atoms with Crippen LogP contribution in [0, 0.1) is 12.3 Å². The molecule has 1 aromatic carbocycles. The smallest absolute Gasteiger partial charge is 0.329 e. The predicted molar refractivity (Wildman–Crippen MR) is 93.2 cm³/mol. The molecule has 5 heteroatoms. The minimum Gasteiger partial charge on any atom is -0.344 e. The number of benzene rings is 1. The third kappa shape index (κ3) is 6.20. The summed E-state index contributed by atoms with van der Waals surface area (Å²) in [6.07, 6.45) is 5.63. The topological polar surface area (TPSA) is 62.4 Å². The van der Waals surface area contributed by atoms with Gasteiger partial charge >= 0.3 is 5.97 Å². The molecular formula is C18H29N3O2. The van der Waals surface area contributed by atoms with E-state index in [2.05, 4.69) is 21.0 Å². The molecule has 0 amide bonds. The van der Waals surface area contributed by atoms with Crippen LogP contribution in [-0.4, -0.2) is 32.1 Å². The SMILES string of the molecule is C1CNCC2(C1)CCNCC2.CC(=O)ONc1ccc(C)cc1. The van der Waals surface area contributed by atoms with Gasteiger partial charge in [-0.3, -0.25) is 4.79 Å². The summed E-state index contributed by atoms with van der Waals surface area (Å²) in [7, 11) is 0. The Kier molecular flexibility index (Phi) is 6.86. The number of nitrogens with one attached hydrogen (secondary N) is 3. The molecule has 0 aliphatic carbocycles. The van der Waals surface area contributed by atoms with Crippen molar-refractivity contribution >= 4 is 11.7 Å². The number of hydrogen-bond donors (Lipinski definition) is 3. The number of rotatable bonds is 2. The molecule has 3 rings (SSSR count). The van der Waals surface area contributed by atoms with E-state index in [1.54, 1.807) is 0 Å². The standard InChI is InChI=1S/C9H18N2.C9H11NO2/c1-2-9(8-11-5-1)3-6-10-7-4-9;1-7-3-5-9(6-4-7)10-12-8(2)11/h10-11H,1-8H2;3-6,10H,1-2H3. The van der Waals surface area contributed by atoms with Crippen LogP contribution in [0.25, 0.3) is 0 Å². The minimum atomic E-state index is -0.351. The van der Waals surface area contributed by atoms with Crippen molar-refractivity contribution in [3.63, 3.8) is 0 Å². The van der Waals surface area contributed by atoms with Gasteiger partial charge in [-0.25, -0.2) is 5.48 Å². The molecule has 0 radical (unpaired) electrons. The molecule has 2 saturated heterocycles. The normalized spacial score (nSPS) is 19.4. The first-order valence-corrected chi connectivity index (χ1v) is 8.51. The van der Waals surface area contributed by atoms with Gasteiger partial charge in [0.2, 0.25) is 0 Å². The second kappa shape index (κ2) is 8.89. The van der Waals surface area contributed by atoms with E-state index in [0.717, 1.165) is 5.69 Å². The van der Waals surface area contributed by atoms with E-state index in [9.17, 15) is 4.79 Å². The molecule has 0 aromatic heterocycles. The lowest BCUT2D eigenvalue weighted by Crippen LogP contribution is -2.46. The van der Waals surface area contributed by atoms with Crippen molar-refractivity contribution < 1.29 is 9.63 Å². The monoisotopic (exact) mass is 319 g/mol. The Labute approximate surface area is 139 Å². The van der Waals surface area contributed by atoms with Crippen molar-refractivity contribution in [2.24, 2.45) is 5.41 Å². The number of hydrogen-bond acceptors (Lipinski definition) is 5. The number of carbonyl (C=O) groups is 1. The zero-order chi connectivity index (χ0) is 16.5. The molecule has 2 aliphatic heterocycles. The van der Waals surface area contributed by atoms with E-state index >= 15 is 0 Å². The Morgan fingerprint density at radius 3 is 2.35 bits per heavy atom. The Morgan fingerprint density at radius 1 is 1.09 bits per heavy atom. The van der Waals surface area contributed by atoms with Crippen molar-refractivity contribution in [1.29, 1.82) is 0 Å². The van der Waals surface area contributed by atoms with Crippen molar-refractivity contribution in [1.82, 2.24) is 10.6 Å². The lowest BCUT2D eigenvalue weighted by molar-refractivity contribution is -0.138. The average molecular weight is 319 g/mol. The van der Waals surface area contributed by atoms with Gasteiger partial charge in [-0.1, -0.05) is 17.7 Å². The molecule has 1 spiro atoms. The van der Waals surface area contributed by atoms with Crippen LogP contribution in [0.2, 0.25) is 0 Å². The summed E-state index contributed by atoms with van der Waals surface area (Å²) >= 11 is 0. The molecule has 1 aromatic rings. The van der Waals surface area contributed by atoms with Crippen LogP contribution >= 0.6 is 0 Å². The molecule has 2 fully saturated rings. The maximum Gasteiger partial charge on any atom is 0.329 e. The van der Waals surface area contributed by atoms with Gasteiger partial charge in [-0.15, -0.1) is 0 Å². The number of carbonyl (C=O) groups excluding carboxylic acids is 1. The third-order valence-electron chi connectivity index (χ3n) is 4.59. The summed E-state index contributed by atoms with van der Waals surface area (Å²) < 4.78 is 0. The summed E-state index contributed by atoms with van der Waals surface area (Å²) in [5.74, 6) is -0.351. The van der Waals surface area contributed by atoms with Crippen molar-refractivity contribution in [2.45, 2.75) is 39.5 Å². The molecule has 128 valence electrons. The van der Waals surface area contributed by atoms with E-state index in [1.165, 1.54) is 64.3 Å². The van der Waals surface area contributed by atoms with Gasteiger partial charge in [-0.2, -0.15) is 0 Å². The van der Waals surface area contributed by atoms with Crippen LogP contribution in [0.5, 0.6) is 0 Å². The van der Waals surface area contributed by atoms with E-state index in [0.29, 0.717) is 5.41 Å². The van der Waals surface area contributed by atoms with Crippen LogP contribution in [0.3, 0.4) is 0 Å². The number of piperidine rings is 2. The molecule has 3 N–H and O–H groups in total. The fourth-order valence-electron chi connectivity index (χ4n) is 3.17. The molecule has 0 bridgehead atoms. The van der Waals surface area contributed by atoms with Crippen LogP contribution in [-0.2, 0) is 9.63 Å². The van der Waals surface area contributed by atoms with Crippen molar-refractivity contribution in [3.05, 3.63) is 29.8 Å². The molecule has 2 aliphatic rings. The molecule has 5 nitrogen and oxygen atoms in total. The molecule has 23 heavy (non-hydrogen) atoms.